The lowest BCUT2D eigenvalue weighted by Gasteiger charge is -2.36. The van der Waals surface area contributed by atoms with Crippen LogP contribution in [0.25, 0.3) is 11.1 Å². The van der Waals surface area contributed by atoms with Gasteiger partial charge in [-0.25, -0.2) is 4.79 Å². The van der Waals surface area contributed by atoms with Gasteiger partial charge in [0.2, 0.25) is 0 Å². The molecule has 246 valence electrons. The standard InChI is InChI=1S/C40H33NO7S/c42-23-25-12-14-28(15-13-25)35-21-31(24-49-36-11-4-3-10-34(36)39(45)46)47-40(48-35)29-18-16-27(17-19-29)30-7-5-6-26(20-30)22-41-37(43)32-8-1-2-9-33(32)38(41)44/h1-20,31,35,40,42H,21-24H2,(H,45,46)/t31-,35+,40+/m1/s1. The van der Waals surface area contributed by atoms with Crippen LogP contribution in [-0.4, -0.2) is 44.8 Å². The fourth-order valence-corrected chi connectivity index (χ4v) is 7.29. The molecule has 0 saturated carbocycles. The maximum Gasteiger partial charge on any atom is 0.336 e. The smallest absolute Gasteiger partial charge is 0.336 e. The molecule has 1 fully saturated rings. The van der Waals surface area contributed by atoms with E-state index in [1.165, 1.54) is 16.7 Å². The monoisotopic (exact) mass is 671 g/mol. The van der Waals surface area contributed by atoms with Crippen LogP contribution in [-0.2, 0) is 22.6 Å². The third-order valence-electron chi connectivity index (χ3n) is 8.82. The lowest BCUT2D eigenvalue weighted by atomic mass is 9.99. The molecule has 0 radical (unpaired) electrons. The van der Waals surface area contributed by atoms with Crippen LogP contribution in [0.3, 0.4) is 0 Å². The first-order valence-electron chi connectivity index (χ1n) is 16.0. The molecule has 7 rings (SSSR count). The summed E-state index contributed by atoms with van der Waals surface area (Å²) in [6, 6.07) is 37.3. The Balaban J connectivity index is 1.09. The van der Waals surface area contributed by atoms with E-state index in [4.69, 9.17) is 9.47 Å². The zero-order valence-corrected chi connectivity index (χ0v) is 27.2. The minimum absolute atomic E-state index is 0.0438. The lowest BCUT2D eigenvalue weighted by molar-refractivity contribution is -0.245. The van der Waals surface area contributed by atoms with E-state index >= 15 is 0 Å². The minimum atomic E-state index is -0.968. The fourth-order valence-electron chi connectivity index (χ4n) is 6.22. The molecule has 2 aliphatic heterocycles. The van der Waals surface area contributed by atoms with Gasteiger partial charge in [-0.2, -0.15) is 0 Å². The molecule has 0 spiro atoms. The summed E-state index contributed by atoms with van der Waals surface area (Å²) in [7, 11) is 0. The summed E-state index contributed by atoms with van der Waals surface area (Å²) < 4.78 is 13.0. The lowest BCUT2D eigenvalue weighted by Crippen LogP contribution is -2.31. The molecular formula is C40H33NO7S. The highest BCUT2D eigenvalue weighted by Gasteiger charge is 2.35. The number of carbonyl (C=O) groups excluding carboxylic acids is 2. The molecule has 0 unspecified atom stereocenters. The Kier molecular flexibility index (Phi) is 9.41. The molecule has 5 aromatic rings. The van der Waals surface area contributed by atoms with Crippen molar-refractivity contribution in [3.63, 3.8) is 0 Å². The van der Waals surface area contributed by atoms with E-state index < -0.39 is 12.3 Å². The molecule has 2 aliphatic rings. The summed E-state index contributed by atoms with van der Waals surface area (Å²) in [5, 5.41) is 19.2. The number of ether oxygens (including phenoxy) is 2. The van der Waals surface area contributed by atoms with Crippen molar-refractivity contribution in [1.82, 2.24) is 4.90 Å². The van der Waals surface area contributed by atoms with Crippen LogP contribution in [0.5, 0.6) is 0 Å². The van der Waals surface area contributed by atoms with Gasteiger partial charge in [0.25, 0.3) is 11.8 Å². The molecule has 8 nitrogen and oxygen atoms in total. The number of aliphatic hydroxyl groups excluding tert-OH is 1. The average Bonchev–Trinajstić information content (AvgIpc) is 3.38. The number of carboxylic acids is 1. The number of benzene rings is 5. The predicted octanol–water partition coefficient (Wildman–Crippen LogP) is 7.68. The minimum Gasteiger partial charge on any atom is -0.478 e. The molecule has 0 aliphatic carbocycles. The normalized spacial score (nSPS) is 18.8. The number of amides is 2. The number of rotatable bonds is 10. The van der Waals surface area contributed by atoms with E-state index in [1.807, 2.05) is 84.9 Å². The van der Waals surface area contributed by atoms with E-state index in [1.54, 1.807) is 36.4 Å². The molecule has 1 saturated heterocycles. The summed E-state index contributed by atoms with van der Waals surface area (Å²) in [5.41, 5.74) is 6.49. The molecule has 49 heavy (non-hydrogen) atoms. The van der Waals surface area contributed by atoms with Crippen molar-refractivity contribution in [2.45, 2.75) is 43.0 Å². The van der Waals surface area contributed by atoms with Gasteiger partial charge >= 0.3 is 5.97 Å². The van der Waals surface area contributed by atoms with Crippen LogP contribution in [0.4, 0.5) is 0 Å². The third kappa shape index (κ3) is 6.93. The maximum atomic E-state index is 12.9. The zero-order valence-electron chi connectivity index (χ0n) is 26.4. The van der Waals surface area contributed by atoms with E-state index in [-0.39, 0.29) is 42.7 Å². The second-order valence-corrected chi connectivity index (χ2v) is 13.1. The molecule has 2 N–H and O–H groups in total. The number of aromatic carboxylic acids is 1. The first-order valence-corrected chi connectivity index (χ1v) is 17.0. The van der Waals surface area contributed by atoms with Crippen LogP contribution >= 0.6 is 11.8 Å². The van der Waals surface area contributed by atoms with Gasteiger partial charge in [-0.15, -0.1) is 11.8 Å². The summed E-state index contributed by atoms with van der Waals surface area (Å²) in [5.74, 6) is -1.00. The Labute approximate surface area is 287 Å². The van der Waals surface area contributed by atoms with E-state index in [0.717, 1.165) is 33.4 Å². The molecular weight excluding hydrogens is 639 g/mol. The number of imide groups is 1. The second-order valence-electron chi connectivity index (χ2n) is 12.0. The molecule has 0 bridgehead atoms. The molecule has 3 atom stereocenters. The molecule has 5 aromatic carbocycles. The summed E-state index contributed by atoms with van der Waals surface area (Å²) >= 11 is 1.45. The zero-order chi connectivity index (χ0) is 33.9. The van der Waals surface area contributed by atoms with E-state index in [2.05, 4.69) is 0 Å². The number of aliphatic hydroxyl groups is 1. The van der Waals surface area contributed by atoms with Gasteiger partial charge in [-0.1, -0.05) is 91.0 Å². The molecule has 9 heteroatoms. The van der Waals surface area contributed by atoms with Gasteiger partial charge in [-0.3, -0.25) is 14.5 Å². The van der Waals surface area contributed by atoms with Crippen LogP contribution in [0, 0.1) is 0 Å². The number of fused-ring (bicyclic) bond motifs is 1. The quantitative estimate of drug-likeness (QED) is 0.115. The Bertz CT molecular complexity index is 1980. The third-order valence-corrected chi connectivity index (χ3v) is 10.0. The van der Waals surface area contributed by atoms with Gasteiger partial charge < -0.3 is 19.7 Å². The van der Waals surface area contributed by atoms with Crippen molar-refractivity contribution >= 4 is 29.5 Å². The van der Waals surface area contributed by atoms with Crippen LogP contribution < -0.4 is 0 Å². The summed E-state index contributed by atoms with van der Waals surface area (Å²) in [6.07, 6.45) is -0.586. The fraction of sp³-hybridized carbons (Fsp3) is 0.175. The summed E-state index contributed by atoms with van der Waals surface area (Å²) in [4.78, 5) is 39.6. The number of carboxylic acid groups (broad SMARTS) is 1. The first-order chi connectivity index (χ1) is 23.9. The molecule has 2 amide bonds. The van der Waals surface area contributed by atoms with Gasteiger partial charge in [0, 0.05) is 22.6 Å². The molecule has 2 heterocycles. The first kappa shape index (κ1) is 32.5. The molecule has 0 aromatic heterocycles. The Morgan fingerprint density at radius 2 is 1.41 bits per heavy atom. The van der Waals surface area contributed by atoms with Crippen LogP contribution in [0.2, 0.25) is 0 Å². The maximum absolute atomic E-state index is 12.9. The summed E-state index contributed by atoms with van der Waals surface area (Å²) in [6.45, 7) is 0.136. The van der Waals surface area contributed by atoms with Gasteiger partial charge in [-0.05, 0) is 58.1 Å². The highest BCUT2D eigenvalue weighted by atomic mass is 32.2. The second kappa shape index (κ2) is 14.2. The van der Waals surface area contributed by atoms with Crippen LogP contribution in [0.1, 0.15) is 72.1 Å². The number of hydrogen-bond donors (Lipinski definition) is 2. The Morgan fingerprint density at radius 1 is 0.735 bits per heavy atom. The average molecular weight is 672 g/mol. The SMILES string of the molecule is O=C(O)c1ccccc1SC[C@H]1C[C@@H](c2ccc(CO)cc2)O[C@@H](c2ccc(-c3cccc(CN4C(=O)c5ccccc5C4=O)c3)cc2)O1. The van der Waals surface area contributed by atoms with Crippen molar-refractivity contribution in [1.29, 1.82) is 0 Å². The van der Waals surface area contributed by atoms with Crippen molar-refractivity contribution in [2.24, 2.45) is 0 Å². The van der Waals surface area contributed by atoms with Crippen molar-refractivity contribution in [3.8, 4) is 11.1 Å². The topological polar surface area (TPSA) is 113 Å². The predicted molar refractivity (Wildman–Crippen MR) is 185 cm³/mol. The Hall–Kier alpha value is -5.06. The largest absolute Gasteiger partial charge is 0.478 e. The van der Waals surface area contributed by atoms with Crippen molar-refractivity contribution < 1.29 is 34.1 Å². The van der Waals surface area contributed by atoms with Crippen LogP contribution in [0.15, 0.2) is 126 Å². The Morgan fingerprint density at radius 3 is 2.10 bits per heavy atom. The van der Waals surface area contributed by atoms with Crippen molar-refractivity contribution in [2.75, 3.05) is 5.75 Å². The van der Waals surface area contributed by atoms with Gasteiger partial charge in [0.05, 0.1) is 42.0 Å². The van der Waals surface area contributed by atoms with Gasteiger partial charge in [0.15, 0.2) is 6.29 Å². The number of carbonyl (C=O) groups is 3. The number of thioether (sulfide) groups is 1. The highest BCUT2D eigenvalue weighted by Crippen LogP contribution is 2.40. The number of hydrogen-bond acceptors (Lipinski definition) is 7. The highest BCUT2D eigenvalue weighted by molar-refractivity contribution is 7.99. The van der Waals surface area contributed by atoms with Gasteiger partial charge in [0.1, 0.15) is 0 Å². The number of nitrogens with zero attached hydrogens (tertiary/aromatic N) is 1. The van der Waals surface area contributed by atoms with E-state index in [0.29, 0.717) is 28.2 Å². The van der Waals surface area contributed by atoms with E-state index in [9.17, 15) is 24.6 Å². The van der Waals surface area contributed by atoms with Crippen molar-refractivity contribution in [3.05, 3.63) is 160 Å².